The van der Waals surface area contributed by atoms with Crippen molar-refractivity contribution in [3.63, 3.8) is 0 Å². The molecule has 1 aliphatic heterocycles. The van der Waals surface area contributed by atoms with Crippen molar-refractivity contribution in [1.29, 1.82) is 0 Å². The Morgan fingerprint density at radius 1 is 1.37 bits per heavy atom. The zero-order valence-corrected chi connectivity index (χ0v) is 11.1. The van der Waals surface area contributed by atoms with E-state index in [1.807, 2.05) is 31.3 Å². The molecule has 0 bridgehead atoms. The summed E-state index contributed by atoms with van der Waals surface area (Å²) >= 11 is 0. The molecule has 0 spiro atoms. The second kappa shape index (κ2) is 6.37. The molecule has 1 heterocycles. The number of likely N-dealkylation sites (N-methyl/N-ethyl adjacent to an activating group) is 1. The highest BCUT2D eigenvalue weighted by molar-refractivity contribution is 5.78. The van der Waals surface area contributed by atoms with Crippen molar-refractivity contribution in [3.05, 3.63) is 35.4 Å². The number of carbonyl (C=O) groups excluding carboxylic acids is 1. The highest BCUT2D eigenvalue weighted by atomic mass is 16.2. The van der Waals surface area contributed by atoms with Gasteiger partial charge in [0.05, 0.1) is 6.54 Å². The van der Waals surface area contributed by atoms with E-state index in [0.717, 1.165) is 30.8 Å². The lowest BCUT2D eigenvalue weighted by atomic mass is 10.1. The molecule has 0 radical (unpaired) electrons. The predicted octanol–water partition coefficient (Wildman–Crippen LogP) is 0.304. The largest absolute Gasteiger partial charge is 0.384 e. The highest BCUT2D eigenvalue weighted by Crippen LogP contribution is 2.10. The zero-order valence-electron chi connectivity index (χ0n) is 11.1. The second-order valence-corrected chi connectivity index (χ2v) is 4.69. The molecule has 1 aromatic carbocycles. The van der Waals surface area contributed by atoms with Crippen LogP contribution in [0.1, 0.15) is 11.1 Å². The first-order valence-corrected chi connectivity index (χ1v) is 6.34. The van der Waals surface area contributed by atoms with Gasteiger partial charge in [0, 0.05) is 32.2 Å². The van der Waals surface area contributed by atoms with Crippen molar-refractivity contribution in [2.75, 3.05) is 33.3 Å². The van der Waals surface area contributed by atoms with Gasteiger partial charge in [-0.3, -0.25) is 9.69 Å². The van der Waals surface area contributed by atoms with Crippen molar-refractivity contribution >= 4 is 5.91 Å². The van der Waals surface area contributed by atoms with Crippen molar-refractivity contribution in [3.8, 4) is 11.8 Å². The average Bonchev–Trinajstić information content (AvgIpc) is 2.41. The van der Waals surface area contributed by atoms with Gasteiger partial charge in [0.25, 0.3) is 0 Å². The van der Waals surface area contributed by atoms with Gasteiger partial charge in [0.15, 0.2) is 0 Å². The molecule has 1 aromatic rings. The van der Waals surface area contributed by atoms with Crippen molar-refractivity contribution in [1.82, 2.24) is 9.80 Å². The molecule has 100 valence electrons. The fourth-order valence-corrected chi connectivity index (χ4v) is 2.09. The summed E-state index contributed by atoms with van der Waals surface area (Å²) in [7, 11) is 1.84. The van der Waals surface area contributed by atoms with Crippen LogP contribution in [-0.4, -0.2) is 54.1 Å². The van der Waals surface area contributed by atoms with Gasteiger partial charge in [-0.05, 0) is 17.7 Å². The van der Waals surface area contributed by atoms with Crippen LogP contribution in [0, 0.1) is 11.8 Å². The lowest BCUT2D eigenvalue weighted by molar-refractivity contribution is -0.134. The summed E-state index contributed by atoms with van der Waals surface area (Å²) in [6.07, 6.45) is 0. The maximum absolute atomic E-state index is 11.6. The van der Waals surface area contributed by atoms with Gasteiger partial charge in [-0.1, -0.05) is 24.0 Å². The fraction of sp³-hybridized carbons (Fsp3) is 0.400. The number of carbonyl (C=O) groups is 1. The van der Waals surface area contributed by atoms with Crippen LogP contribution < -0.4 is 0 Å². The molecule has 0 atom stereocenters. The standard InChI is InChI=1S/C15H18N2O2/c1-16-7-8-17(12-15(16)19)11-14-5-2-4-13(10-14)6-3-9-18/h2,4-5,10,18H,7-9,11-12H2,1H3. The van der Waals surface area contributed by atoms with Gasteiger partial charge < -0.3 is 10.0 Å². The molecule has 1 fully saturated rings. The molecule has 2 rings (SSSR count). The third-order valence-corrected chi connectivity index (χ3v) is 3.18. The maximum atomic E-state index is 11.6. The summed E-state index contributed by atoms with van der Waals surface area (Å²) in [6, 6.07) is 7.91. The van der Waals surface area contributed by atoms with Gasteiger partial charge in [-0.15, -0.1) is 0 Å². The first-order chi connectivity index (χ1) is 9.19. The van der Waals surface area contributed by atoms with E-state index in [0.29, 0.717) is 6.54 Å². The Balaban J connectivity index is 2.01. The molecule has 1 N–H and O–H groups in total. The van der Waals surface area contributed by atoms with Gasteiger partial charge in [-0.25, -0.2) is 0 Å². The number of amides is 1. The molecule has 1 saturated heterocycles. The summed E-state index contributed by atoms with van der Waals surface area (Å²) in [6.45, 7) is 2.78. The van der Waals surface area contributed by atoms with Crippen LogP contribution in [0.4, 0.5) is 0 Å². The minimum absolute atomic E-state index is 0.128. The summed E-state index contributed by atoms with van der Waals surface area (Å²) in [4.78, 5) is 15.5. The molecule has 4 nitrogen and oxygen atoms in total. The van der Waals surface area contributed by atoms with Crippen molar-refractivity contribution in [2.24, 2.45) is 0 Å². The predicted molar refractivity (Wildman–Crippen MR) is 73.3 cm³/mol. The van der Waals surface area contributed by atoms with Crippen molar-refractivity contribution in [2.45, 2.75) is 6.54 Å². The molecule has 0 aromatic heterocycles. The Morgan fingerprint density at radius 3 is 2.95 bits per heavy atom. The summed E-state index contributed by atoms with van der Waals surface area (Å²) in [5.74, 6) is 5.70. The summed E-state index contributed by atoms with van der Waals surface area (Å²) in [5, 5.41) is 8.69. The molecule has 4 heteroatoms. The third-order valence-electron chi connectivity index (χ3n) is 3.18. The lowest BCUT2D eigenvalue weighted by Crippen LogP contribution is -2.47. The number of benzene rings is 1. The average molecular weight is 258 g/mol. The Labute approximate surface area is 113 Å². The molecule has 1 aliphatic rings. The van der Waals surface area contributed by atoms with Crippen LogP contribution in [0.25, 0.3) is 0 Å². The van der Waals surface area contributed by atoms with E-state index in [9.17, 15) is 4.79 Å². The molecule has 0 unspecified atom stereocenters. The van der Waals surface area contributed by atoms with E-state index in [-0.39, 0.29) is 12.5 Å². The lowest BCUT2D eigenvalue weighted by Gasteiger charge is -2.31. The number of piperazine rings is 1. The topological polar surface area (TPSA) is 43.8 Å². The molecular weight excluding hydrogens is 240 g/mol. The number of hydrogen-bond donors (Lipinski definition) is 1. The monoisotopic (exact) mass is 258 g/mol. The fourth-order valence-electron chi connectivity index (χ4n) is 2.09. The minimum Gasteiger partial charge on any atom is -0.384 e. The maximum Gasteiger partial charge on any atom is 0.236 e. The van der Waals surface area contributed by atoms with Crippen LogP contribution in [0.15, 0.2) is 24.3 Å². The summed E-state index contributed by atoms with van der Waals surface area (Å²) < 4.78 is 0. The van der Waals surface area contributed by atoms with E-state index in [4.69, 9.17) is 5.11 Å². The van der Waals surface area contributed by atoms with E-state index in [2.05, 4.69) is 16.7 Å². The van der Waals surface area contributed by atoms with E-state index < -0.39 is 0 Å². The van der Waals surface area contributed by atoms with Crippen LogP contribution in [0.3, 0.4) is 0 Å². The third kappa shape index (κ3) is 3.82. The molecule has 1 amide bonds. The number of rotatable bonds is 2. The number of aliphatic hydroxyl groups excluding tert-OH is 1. The Bertz CT molecular complexity index is 516. The number of aliphatic hydroxyl groups is 1. The zero-order chi connectivity index (χ0) is 13.7. The summed E-state index contributed by atoms with van der Waals surface area (Å²) in [5.41, 5.74) is 2.04. The Hall–Kier alpha value is -1.83. The smallest absolute Gasteiger partial charge is 0.236 e. The number of hydrogen-bond acceptors (Lipinski definition) is 3. The SMILES string of the molecule is CN1CCN(Cc2cccc(C#CCO)c2)CC1=O. The van der Waals surface area contributed by atoms with Gasteiger partial charge in [0.2, 0.25) is 5.91 Å². The molecule has 0 saturated carbocycles. The highest BCUT2D eigenvalue weighted by Gasteiger charge is 2.20. The van der Waals surface area contributed by atoms with Crippen molar-refractivity contribution < 1.29 is 9.90 Å². The van der Waals surface area contributed by atoms with Crippen LogP contribution in [0.5, 0.6) is 0 Å². The quantitative estimate of drug-likeness (QED) is 0.776. The van der Waals surface area contributed by atoms with Crippen LogP contribution in [0.2, 0.25) is 0 Å². The normalized spacial score (nSPS) is 16.1. The van der Waals surface area contributed by atoms with Crippen LogP contribution >= 0.6 is 0 Å². The van der Waals surface area contributed by atoms with E-state index >= 15 is 0 Å². The Morgan fingerprint density at radius 2 is 2.21 bits per heavy atom. The second-order valence-electron chi connectivity index (χ2n) is 4.69. The first-order valence-electron chi connectivity index (χ1n) is 6.34. The molecule has 19 heavy (non-hydrogen) atoms. The van der Waals surface area contributed by atoms with E-state index in [1.165, 1.54) is 0 Å². The minimum atomic E-state index is -0.128. The number of nitrogens with zero attached hydrogens (tertiary/aromatic N) is 2. The Kier molecular flexibility index (Phi) is 4.56. The molecule has 0 aliphatic carbocycles. The van der Waals surface area contributed by atoms with Gasteiger partial charge in [-0.2, -0.15) is 0 Å². The van der Waals surface area contributed by atoms with Gasteiger partial charge >= 0.3 is 0 Å². The molecular formula is C15H18N2O2. The first kappa shape index (κ1) is 13.6. The van der Waals surface area contributed by atoms with E-state index in [1.54, 1.807) is 4.90 Å². The van der Waals surface area contributed by atoms with Gasteiger partial charge in [0.1, 0.15) is 6.61 Å². The van der Waals surface area contributed by atoms with Crippen LogP contribution in [-0.2, 0) is 11.3 Å².